The maximum Gasteiger partial charge on any atom is 0.0634 e. The van der Waals surface area contributed by atoms with Crippen LogP contribution in [-0.2, 0) is 6.54 Å². The fraction of sp³-hybridized carbons (Fsp3) is 0.583. The number of rotatable bonds is 4. The molecule has 0 radical (unpaired) electrons. The van der Waals surface area contributed by atoms with Gasteiger partial charge in [-0.15, -0.1) is 0 Å². The van der Waals surface area contributed by atoms with Crippen molar-refractivity contribution in [3.8, 4) is 0 Å². The van der Waals surface area contributed by atoms with Crippen LogP contribution in [0.25, 0.3) is 0 Å². The van der Waals surface area contributed by atoms with Crippen LogP contribution in [-0.4, -0.2) is 34.7 Å². The largest absolute Gasteiger partial charge is 0.393 e. The van der Waals surface area contributed by atoms with E-state index in [-0.39, 0.29) is 6.10 Å². The van der Waals surface area contributed by atoms with Crippen LogP contribution in [0, 0.1) is 5.92 Å². The summed E-state index contributed by atoms with van der Waals surface area (Å²) in [4.78, 5) is 6.21. The SMILES string of the molecule is CN(Cc1ccncc1Cl)CC1CC(O)C1. The number of hydrogen-bond acceptors (Lipinski definition) is 3. The Morgan fingerprint density at radius 2 is 2.31 bits per heavy atom. The van der Waals surface area contributed by atoms with Crippen molar-refractivity contribution >= 4 is 11.6 Å². The normalized spacial score (nSPS) is 24.5. The molecule has 1 aromatic heterocycles. The maximum atomic E-state index is 9.22. The summed E-state index contributed by atoms with van der Waals surface area (Å²) in [7, 11) is 2.08. The Labute approximate surface area is 101 Å². The maximum absolute atomic E-state index is 9.22. The fourth-order valence-electron chi connectivity index (χ4n) is 2.18. The predicted molar refractivity (Wildman–Crippen MR) is 64.3 cm³/mol. The highest BCUT2D eigenvalue weighted by Crippen LogP contribution is 2.28. The summed E-state index contributed by atoms with van der Waals surface area (Å²) in [5.41, 5.74) is 1.11. The molecule has 0 aliphatic heterocycles. The zero-order chi connectivity index (χ0) is 11.5. The monoisotopic (exact) mass is 240 g/mol. The number of aliphatic hydroxyl groups is 1. The van der Waals surface area contributed by atoms with Gasteiger partial charge in [-0.2, -0.15) is 0 Å². The molecule has 1 aliphatic rings. The zero-order valence-electron chi connectivity index (χ0n) is 9.43. The van der Waals surface area contributed by atoms with E-state index in [1.165, 1.54) is 0 Å². The first-order valence-corrected chi connectivity index (χ1v) is 5.98. The number of nitrogens with zero attached hydrogens (tertiary/aromatic N) is 2. The van der Waals surface area contributed by atoms with Gasteiger partial charge < -0.3 is 10.0 Å². The Morgan fingerprint density at radius 1 is 1.56 bits per heavy atom. The molecule has 1 N–H and O–H groups in total. The molecule has 0 amide bonds. The summed E-state index contributed by atoms with van der Waals surface area (Å²) in [5.74, 6) is 0.639. The van der Waals surface area contributed by atoms with E-state index in [1.54, 1.807) is 12.4 Å². The molecule has 0 unspecified atom stereocenters. The van der Waals surface area contributed by atoms with Crippen LogP contribution in [0.4, 0.5) is 0 Å². The van der Waals surface area contributed by atoms with E-state index >= 15 is 0 Å². The zero-order valence-corrected chi connectivity index (χ0v) is 10.2. The molecule has 16 heavy (non-hydrogen) atoms. The van der Waals surface area contributed by atoms with Gasteiger partial charge in [-0.05, 0) is 37.4 Å². The lowest BCUT2D eigenvalue weighted by molar-refractivity contribution is 0.0274. The van der Waals surface area contributed by atoms with Crippen molar-refractivity contribution in [1.29, 1.82) is 0 Å². The Bertz CT molecular complexity index is 353. The number of aliphatic hydroxyl groups excluding tert-OH is 1. The standard InChI is InChI=1S/C12H17ClN2O/c1-15(7-9-4-11(16)5-9)8-10-2-3-14-6-12(10)13/h2-3,6,9,11,16H,4-5,7-8H2,1H3. The molecule has 1 heterocycles. The van der Waals surface area contributed by atoms with Gasteiger partial charge in [-0.25, -0.2) is 0 Å². The number of aromatic nitrogens is 1. The van der Waals surface area contributed by atoms with Crippen LogP contribution in [0.15, 0.2) is 18.5 Å². The van der Waals surface area contributed by atoms with Gasteiger partial charge >= 0.3 is 0 Å². The number of halogens is 1. The molecule has 0 spiro atoms. The van der Waals surface area contributed by atoms with E-state index in [9.17, 15) is 5.11 Å². The summed E-state index contributed by atoms with van der Waals surface area (Å²) in [6.45, 7) is 1.86. The van der Waals surface area contributed by atoms with Crippen molar-refractivity contribution in [2.24, 2.45) is 5.92 Å². The summed E-state index contributed by atoms with van der Waals surface area (Å²) < 4.78 is 0. The molecule has 0 bridgehead atoms. The van der Waals surface area contributed by atoms with Gasteiger partial charge in [-0.3, -0.25) is 4.98 Å². The molecule has 0 aromatic carbocycles. The van der Waals surface area contributed by atoms with E-state index in [4.69, 9.17) is 11.6 Å². The lowest BCUT2D eigenvalue weighted by Gasteiger charge is -2.34. The highest BCUT2D eigenvalue weighted by Gasteiger charge is 2.27. The van der Waals surface area contributed by atoms with Gasteiger partial charge in [0.1, 0.15) is 0 Å². The molecule has 1 aromatic rings. The molecule has 2 rings (SSSR count). The molecule has 88 valence electrons. The second-order valence-corrected chi connectivity index (χ2v) is 5.06. The Morgan fingerprint density at radius 3 is 2.94 bits per heavy atom. The molecule has 1 fully saturated rings. The first kappa shape index (κ1) is 11.8. The molecule has 3 nitrogen and oxygen atoms in total. The van der Waals surface area contributed by atoms with E-state index in [0.717, 1.165) is 36.5 Å². The third kappa shape index (κ3) is 2.94. The topological polar surface area (TPSA) is 36.4 Å². The minimum Gasteiger partial charge on any atom is -0.393 e. The average Bonchev–Trinajstić information content (AvgIpc) is 2.19. The van der Waals surface area contributed by atoms with Crippen molar-refractivity contribution in [2.45, 2.75) is 25.5 Å². The lowest BCUT2D eigenvalue weighted by Crippen LogP contribution is -2.36. The van der Waals surface area contributed by atoms with Crippen molar-refractivity contribution in [2.75, 3.05) is 13.6 Å². The smallest absolute Gasteiger partial charge is 0.0634 e. The summed E-state index contributed by atoms with van der Waals surface area (Å²) in [5, 5.41) is 9.94. The lowest BCUT2D eigenvalue weighted by atomic mass is 9.82. The molecular weight excluding hydrogens is 224 g/mol. The van der Waals surface area contributed by atoms with Crippen LogP contribution >= 0.6 is 11.6 Å². The Hall–Kier alpha value is -0.640. The van der Waals surface area contributed by atoms with Crippen LogP contribution in [0.5, 0.6) is 0 Å². The van der Waals surface area contributed by atoms with Gasteiger partial charge in [0.15, 0.2) is 0 Å². The second kappa shape index (κ2) is 5.13. The summed E-state index contributed by atoms with van der Waals surface area (Å²) in [6, 6.07) is 1.95. The van der Waals surface area contributed by atoms with E-state index in [0.29, 0.717) is 5.92 Å². The van der Waals surface area contributed by atoms with Gasteiger partial charge in [0.25, 0.3) is 0 Å². The quantitative estimate of drug-likeness (QED) is 0.874. The predicted octanol–water partition coefficient (Wildman–Crippen LogP) is 1.94. The second-order valence-electron chi connectivity index (χ2n) is 4.66. The minimum absolute atomic E-state index is 0.0667. The average molecular weight is 241 g/mol. The van der Waals surface area contributed by atoms with E-state index < -0.39 is 0 Å². The summed E-state index contributed by atoms with van der Waals surface area (Å²) in [6.07, 6.45) is 5.26. The Balaban J connectivity index is 1.83. The van der Waals surface area contributed by atoms with Crippen LogP contribution in [0.1, 0.15) is 18.4 Å². The summed E-state index contributed by atoms with van der Waals surface area (Å²) >= 11 is 6.05. The molecule has 1 aliphatic carbocycles. The molecule has 4 heteroatoms. The minimum atomic E-state index is -0.0667. The van der Waals surface area contributed by atoms with Crippen molar-refractivity contribution < 1.29 is 5.11 Å². The Kier molecular flexibility index (Phi) is 3.79. The van der Waals surface area contributed by atoms with Crippen LogP contribution < -0.4 is 0 Å². The van der Waals surface area contributed by atoms with E-state index in [2.05, 4.69) is 16.9 Å². The van der Waals surface area contributed by atoms with E-state index in [1.807, 2.05) is 6.07 Å². The molecular formula is C12H17ClN2O. The van der Waals surface area contributed by atoms with Gasteiger partial charge in [0, 0.05) is 25.5 Å². The third-order valence-electron chi connectivity index (χ3n) is 3.08. The van der Waals surface area contributed by atoms with Gasteiger partial charge in [0.2, 0.25) is 0 Å². The van der Waals surface area contributed by atoms with Crippen LogP contribution in [0.2, 0.25) is 5.02 Å². The fourth-order valence-corrected chi connectivity index (χ4v) is 2.36. The number of hydrogen-bond donors (Lipinski definition) is 1. The highest BCUT2D eigenvalue weighted by molar-refractivity contribution is 6.31. The van der Waals surface area contributed by atoms with Gasteiger partial charge in [0.05, 0.1) is 11.1 Å². The van der Waals surface area contributed by atoms with Crippen molar-refractivity contribution in [1.82, 2.24) is 9.88 Å². The third-order valence-corrected chi connectivity index (χ3v) is 3.42. The first-order valence-electron chi connectivity index (χ1n) is 5.60. The van der Waals surface area contributed by atoms with Crippen molar-refractivity contribution in [3.63, 3.8) is 0 Å². The highest BCUT2D eigenvalue weighted by atomic mass is 35.5. The number of pyridine rings is 1. The van der Waals surface area contributed by atoms with Crippen LogP contribution in [0.3, 0.4) is 0 Å². The molecule has 0 atom stereocenters. The first-order chi connectivity index (χ1) is 7.65. The van der Waals surface area contributed by atoms with Crippen molar-refractivity contribution in [3.05, 3.63) is 29.0 Å². The van der Waals surface area contributed by atoms with Gasteiger partial charge in [-0.1, -0.05) is 11.6 Å². The molecule has 0 saturated heterocycles. The molecule has 1 saturated carbocycles.